The van der Waals surface area contributed by atoms with Crippen LogP contribution >= 0.6 is 23.2 Å². The van der Waals surface area contributed by atoms with Crippen LogP contribution in [0.5, 0.6) is 11.5 Å². The van der Waals surface area contributed by atoms with Gasteiger partial charge in [-0.3, -0.25) is 10.3 Å². The van der Waals surface area contributed by atoms with Gasteiger partial charge >= 0.3 is 0 Å². The molecule has 1 aliphatic rings. The SMILES string of the molecule is COc1ccc(C2=N[C@@H](c3c(F)cccc3Cl)N[C@H](c3cc(Cl)ccc3O)C2)cc1. The van der Waals surface area contributed by atoms with Crippen LogP contribution in [0.25, 0.3) is 0 Å². The first kappa shape index (κ1) is 20.7. The maximum Gasteiger partial charge on any atom is 0.131 e. The van der Waals surface area contributed by atoms with E-state index in [1.165, 1.54) is 6.07 Å². The predicted molar refractivity (Wildman–Crippen MR) is 117 cm³/mol. The number of nitrogens with zero attached hydrogens (tertiary/aromatic N) is 1. The van der Waals surface area contributed by atoms with E-state index in [9.17, 15) is 9.50 Å². The molecule has 0 saturated carbocycles. The number of phenolic OH excluding ortho intramolecular Hbond substituents is 1. The molecule has 4 nitrogen and oxygen atoms in total. The number of aliphatic imine (C=N–C) groups is 1. The molecule has 0 bridgehead atoms. The van der Waals surface area contributed by atoms with Crippen LogP contribution in [0.3, 0.4) is 0 Å². The molecule has 0 fully saturated rings. The molecule has 0 saturated heterocycles. The Bertz CT molecular complexity index is 1080. The Balaban J connectivity index is 1.80. The summed E-state index contributed by atoms with van der Waals surface area (Å²) < 4.78 is 19.9. The Labute approximate surface area is 183 Å². The molecule has 2 atom stereocenters. The van der Waals surface area contributed by atoms with Gasteiger partial charge in [0.1, 0.15) is 23.5 Å². The smallest absolute Gasteiger partial charge is 0.131 e. The predicted octanol–water partition coefficient (Wildman–Crippen LogP) is 6.07. The number of benzene rings is 3. The number of rotatable bonds is 4. The highest BCUT2D eigenvalue weighted by Gasteiger charge is 2.30. The first-order valence-corrected chi connectivity index (χ1v) is 10.1. The summed E-state index contributed by atoms with van der Waals surface area (Å²) in [6.07, 6.45) is -0.254. The summed E-state index contributed by atoms with van der Waals surface area (Å²) in [5, 5.41) is 14.5. The molecule has 2 N–H and O–H groups in total. The van der Waals surface area contributed by atoms with E-state index in [0.717, 1.165) is 17.0 Å². The maximum absolute atomic E-state index is 14.7. The van der Waals surface area contributed by atoms with Gasteiger partial charge in [-0.2, -0.15) is 0 Å². The standard InChI is InChI=1S/C23H19Cl2FN2O2/c1-30-15-8-5-13(6-9-15)19-12-20(16-11-14(24)7-10-21(16)29)28-23(27-19)22-17(25)3-2-4-18(22)26/h2-11,20,23,28-29H,12H2,1H3/t20-,23+/m0/s1. The third-order valence-electron chi connectivity index (χ3n) is 5.10. The number of hydrogen-bond donors (Lipinski definition) is 2. The Morgan fingerprint density at radius 3 is 2.57 bits per heavy atom. The highest BCUT2D eigenvalue weighted by Crippen LogP contribution is 2.38. The van der Waals surface area contributed by atoms with Gasteiger partial charge in [-0.15, -0.1) is 0 Å². The third-order valence-corrected chi connectivity index (χ3v) is 5.67. The topological polar surface area (TPSA) is 53.8 Å². The van der Waals surface area contributed by atoms with Gasteiger partial charge in [0.05, 0.1) is 12.1 Å². The zero-order valence-corrected chi connectivity index (χ0v) is 17.6. The summed E-state index contributed by atoms with van der Waals surface area (Å²) in [7, 11) is 1.60. The van der Waals surface area contributed by atoms with Crippen molar-refractivity contribution in [1.29, 1.82) is 0 Å². The van der Waals surface area contributed by atoms with E-state index in [0.29, 0.717) is 17.0 Å². The highest BCUT2D eigenvalue weighted by atomic mass is 35.5. The summed E-state index contributed by atoms with van der Waals surface area (Å²) in [6.45, 7) is 0. The number of methoxy groups -OCH3 is 1. The molecule has 7 heteroatoms. The maximum atomic E-state index is 14.7. The van der Waals surface area contributed by atoms with Crippen LogP contribution in [0.4, 0.5) is 4.39 Å². The number of hydrogen-bond acceptors (Lipinski definition) is 4. The van der Waals surface area contributed by atoms with E-state index in [-0.39, 0.29) is 22.4 Å². The third kappa shape index (κ3) is 4.15. The van der Waals surface area contributed by atoms with Crippen molar-refractivity contribution in [3.8, 4) is 11.5 Å². The van der Waals surface area contributed by atoms with Gasteiger partial charge in [0.25, 0.3) is 0 Å². The van der Waals surface area contributed by atoms with E-state index in [4.69, 9.17) is 32.9 Å². The van der Waals surface area contributed by atoms with Crippen LogP contribution in [-0.4, -0.2) is 17.9 Å². The van der Waals surface area contributed by atoms with Gasteiger partial charge in [-0.25, -0.2) is 4.39 Å². The van der Waals surface area contributed by atoms with Crippen molar-refractivity contribution in [2.45, 2.75) is 18.6 Å². The molecular weight excluding hydrogens is 426 g/mol. The van der Waals surface area contributed by atoms with Crippen molar-refractivity contribution < 1.29 is 14.2 Å². The number of nitrogens with one attached hydrogen (secondary N) is 1. The largest absolute Gasteiger partial charge is 0.508 e. The minimum Gasteiger partial charge on any atom is -0.508 e. The minimum atomic E-state index is -0.729. The lowest BCUT2D eigenvalue weighted by atomic mass is 9.93. The van der Waals surface area contributed by atoms with Gasteiger partial charge in [0, 0.05) is 34.3 Å². The molecule has 0 radical (unpaired) electrons. The van der Waals surface area contributed by atoms with Crippen molar-refractivity contribution in [1.82, 2.24) is 5.32 Å². The molecule has 3 aromatic rings. The fourth-order valence-electron chi connectivity index (χ4n) is 3.59. The second kappa shape index (κ2) is 8.64. The number of aromatic hydroxyl groups is 1. The fraction of sp³-hybridized carbons (Fsp3) is 0.174. The lowest BCUT2D eigenvalue weighted by Gasteiger charge is -2.31. The van der Waals surface area contributed by atoms with E-state index < -0.39 is 12.0 Å². The quantitative estimate of drug-likeness (QED) is 0.513. The Morgan fingerprint density at radius 1 is 1.10 bits per heavy atom. The molecule has 3 aromatic carbocycles. The van der Waals surface area contributed by atoms with Gasteiger partial charge < -0.3 is 9.84 Å². The molecule has 0 amide bonds. The first-order chi connectivity index (χ1) is 14.5. The molecule has 0 spiro atoms. The molecule has 0 unspecified atom stereocenters. The molecule has 0 aromatic heterocycles. The number of phenols is 1. The van der Waals surface area contributed by atoms with Crippen LogP contribution in [-0.2, 0) is 0 Å². The second-order valence-corrected chi connectivity index (χ2v) is 7.81. The Kier molecular flexibility index (Phi) is 5.95. The van der Waals surface area contributed by atoms with Gasteiger partial charge in [-0.05, 0) is 60.2 Å². The van der Waals surface area contributed by atoms with Crippen LogP contribution < -0.4 is 10.1 Å². The second-order valence-electron chi connectivity index (χ2n) is 6.97. The molecular formula is C23H19Cl2FN2O2. The molecule has 0 aliphatic carbocycles. The lowest BCUT2D eigenvalue weighted by molar-refractivity contribution is 0.405. The van der Waals surface area contributed by atoms with E-state index in [2.05, 4.69) is 5.32 Å². The monoisotopic (exact) mass is 444 g/mol. The van der Waals surface area contributed by atoms with E-state index >= 15 is 0 Å². The molecule has 154 valence electrons. The van der Waals surface area contributed by atoms with Crippen molar-refractivity contribution in [2.24, 2.45) is 4.99 Å². The minimum absolute atomic E-state index is 0.103. The Hall–Kier alpha value is -2.60. The summed E-state index contributed by atoms with van der Waals surface area (Å²) in [4.78, 5) is 4.75. The Morgan fingerprint density at radius 2 is 1.87 bits per heavy atom. The van der Waals surface area contributed by atoms with Crippen LogP contribution in [0, 0.1) is 5.82 Å². The van der Waals surface area contributed by atoms with Crippen molar-refractivity contribution in [3.05, 3.63) is 93.2 Å². The summed E-state index contributed by atoms with van der Waals surface area (Å²) in [5.41, 5.74) is 2.50. The number of halogens is 3. The van der Waals surface area contributed by atoms with Crippen molar-refractivity contribution in [2.75, 3.05) is 7.11 Å². The fourth-order valence-corrected chi connectivity index (χ4v) is 4.04. The van der Waals surface area contributed by atoms with Crippen LogP contribution in [0.2, 0.25) is 10.0 Å². The molecule has 1 heterocycles. The lowest BCUT2D eigenvalue weighted by Crippen LogP contribution is -2.33. The molecule has 4 rings (SSSR count). The van der Waals surface area contributed by atoms with Crippen molar-refractivity contribution in [3.63, 3.8) is 0 Å². The average Bonchev–Trinajstić information content (AvgIpc) is 2.75. The van der Waals surface area contributed by atoms with Gasteiger partial charge in [-0.1, -0.05) is 29.3 Å². The van der Waals surface area contributed by atoms with E-state index in [1.54, 1.807) is 37.4 Å². The van der Waals surface area contributed by atoms with E-state index in [1.807, 2.05) is 24.3 Å². The normalized spacial score (nSPS) is 18.7. The zero-order chi connectivity index (χ0) is 21.3. The van der Waals surface area contributed by atoms with Crippen molar-refractivity contribution >= 4 is 28.9 Å². The van der Waals surface area contributed by atoms with Gasteiger partial charge in [0.2, 0.25) is 0 Å². The zero-order valence-electron chi connectivity index (χ0n) is 16.1. The summed E-state index contributed by atoms with van der Waals surface area (Å²) >= 11 is 12.5. The van der Waals surface area contributed by atoms with Crippen LogP contribution in [0.15, 0.2) is 65.7 Å². The molecule has 1 aliphatic heterocycles. The van der Waals surface area contributed by atoms with Gasteiger partial charge in [0.15, 0.2) is 0 Å². The molecule has 30 heavy (non-hydrogen) atoms. The number of ether oxygens (including phenoxy) is 1. The summed E-state index contributed by atoms with van der Waals surface area (Å²) in [5.74, 6) is 0.381. The summed E-state index contributed by atoms with van der Waals surface area (Å²) in [6, 6.07) is 16.5. The van der Waals surface area contributed by atoms with Crippen LogP contribution in [0.1, 0.15) is 35.3 Å². The average molecular weight is 445 g/mol. The first-order valence-electron chi connectivity index (χ1n) is 9.35. The highest BCUT2D eigenvalue weighted by molar-refractivity contribution is 6.31.